The molecule has 86 valence electrons. The molecule has 15 heavy (non-hydrogen) atoms. The lowest BCUT2D eigenvalue weighted by molar-refractivity contribution is 0.0153. The molecular formula is C14H24O. The second-order valence-electron chi connectivity index (χ2n) is 5.67. The number of hydrogen-bond acceptors (Lipinski definition) is 1. The van der Waals surface area contributed by atoms with E-state index in [1.807, 2.05) is 6.92 Å². The summed E-state index contributed by atoms with van der Waals surface area (Å²) in [4.78, 5) is 0. The van der Waals surface area contributed by atoms with Gasteiger partial charge in [-0.05, 0) is 44.4 Å². The molecule has 1 nitrogen and oxygen atoms in total. The Kier molecular flexibility index (Phi) is 4.22. The Morgan fingerprint density at radius 2 is 1.87 bits per heavy atom. The summed E-state index contributed by atoms with van der Waals surface area (Å²) in [5.41, 5.74) is -0.0153. The van der Waals surface area contributed by atoms with Crippen molar-refractivity contribution in [3.8, 4) is 11.8 Å². The lowest BCUT2D eigenvalue weighted by atomic mass is 9.83. The zero-order chi connectivity index (χ0) is 11.4. The summed E-state index contributed by atoms with van der Waals surface area (Å²) in [6.07, 6.45) is 7.14. The van der Waals surface area contributed by atoms with Gasteiger partial charge in [0.1, 0.15) is 0 Å². The number of aliphatic hydroxyl groups is 1. The summed E-state index contributed by atoms with van der Waals surface area (Å²) in [6.45, 7) is 6.48. The second-order valence-corrected chi connectivity index (χ2v) is 5.67. The smallest absolute Gasteiger partial charge is 0.0657 e. The molecule has 1 heteroatoms. The van der Waals surface area contributed by atoms with Gasteiger partial charge in [-0.25, -0.2) is 0 Å². The predicted molar refractivity (Wildman–Crippen MR) is 64.5 cm³/mol. The van der Waals surface area contributed by atoms with Gasteiger partial charge in [0.25, 0.3) is 0 Å². The quantitative estimate of drug-likeness (QED) is 0.544. The Balaban J connectivity index is 2.49. The minimum absolute atomic E-state index is 0.418. The molecule has 1 unspecified atom stereocenters. The van der Waals surface area contributed by atoms with Crippen molar-refractivity contribution in [2.45, 2.75) is 71.3 Å². The second kappa shape index (κ2) is 5.03. The van der Waals surface area contributed by atoms with Crippen molar-refractivity contribution in [1.82, 2.24) is 0 Å². The normalized spacial score (nSPS) is 30.1. The summed E-state index contributed by atoms with van der Waals surface area (Å²) >= 11 is 0. The molecule has 0 saturated heterocycles. The van der Waals surface area contributed by atoms with E-state index in [2.05, 4.69) is 25.7 Å². The maximum Gasteiger partial charge on any atom is 0.0657 e. The lowest BCUT2D eigenvalue weighted by Gasteiger charge is -2.27. The minimum atomic E-state index is -0.433. The van der Waals surface area contributed by atoms with Gasteiger partial charge in [0.2, 0.25) is 0 Å². The molecule has 0 spiro atoms. The monoisotopic (exact) mass is 208 g/mol. The molecule has 1 saturated carbocycles. The number of rotatable bonds is 2. The maximum absolute atomic E-state index is 10.4. The summed E-state index contributed by atoms with van der Waals surface area (Å²) in [5.74, 6) is 5.95. The van der Waals surface area contributed by atoms with E-state index in [4.69, 9.17) is 0 Å². The van der Waals surface area contributed by atoms with E-state index in [9.17, 15) is 5.11 Å². The van der Waals surface area contributed by atoms with Gasteiger partial charge in [-0.15, -0.1) is 11.8 Å². The fourth-order valence-electron chi connectivity index (χ4n) is 2.39. The van der Waals surface area contributed by atoms with Crippen LogP contribution in [0.2, 0.25) is 0 Å². The van der Waals surface area contributed by atoms with Crippen molar-refractivity contribution in [1.29, 1.82) is 0 Å². The molecule has 0 aliphatic heterocycles. The average Bonchev–Trinajstić information content (AvgIpc) is 2.27. The van der Waals surface area contributed by atoms with Crippen LogP contribution in [0, 0.1) is 17.3 Å². The Morgan fingerprint density at radius 1 is 1.13 bits per heavy atom. The highest BCUT2D eigenvalue weighted by Gasteiger charge is 2.32. The Morgan fingerprint density at radius 3 is 2.53 bits per heavy atom. The van der Waals surface area contributed by atoms with Crippen LogP contribution >= 0.6 is 0 Å². The molecule has 0 heterocycles. The maximum atomic E-state index is 10.4. The van der Waals surface area contributed by atoms with Gasteiger partial charge >= 0.3 is 0 Å². The highest BCUT2D eigenvalue weighted by molar-refractivity contribution is 4.97. The Labute approximate surface area is 94.3 Å². The van der Waals surface area contributed by atoms with E-state index in [1.54, 1.807) is 0 Å². The highest BCUT2D eigenvalue weighted by Crippen LogP contribution is 2.39. The van der Waals surface area contributed by atoms with Gasteiger partial charge in [-0.3, -0.25) is 0 Å². The van der Waals surface area contributed by atoms with E-state index < -0.39 is 5.60 Å². The highest BCUT2D eigenvalue weighted by atomic mass is 16.3. The van der Waals surface area contributed by atoms with E-state index >= 15 is 0 Å². The van der Waals surface area contributed by atoms with Crippen LogP contribution in [-0.2, 0) is 0 Å². The summed E-state index contributed by atoms with van der Waals surface area (Å²) in [7, 11) is 0. The molecule has 0 aromatic carbocycles. The summed E-state index contributed by atoms with van der Waals surface area (Å²) in [6, 6.07) is 0. The van der Waals surface area contributed by atoms with Crippen LogP contribution in [0.3, 0.4) is 0 Å². The van der Waals surface area contributed by atoms with E-state index in [-0.39, 0.29) is 0 Å². The zero-order valence-corrected chi connectivity index (χ0v) is 10.4. The van der Waals surface area contributed by atoms with Crippen molar-refractivity contribution in [2.75, 3.05) is 0 Å². The molecule has 1 aliphatic carbocycles. The molecule has 0 amide bonds. The van der Waals surface area contributed by atoms with E-state index in [0.29, 0.717) is 5.41 Å². The molecule has 0 bridgehead atoms. The molecule has 1 N–H and O–H groups in total. The first-order valence-corrected chi connectivity index (χ1v) is 6.09. The van der Waals surface area contributed by atoms with Crippen LogP contribution in [0.1, 0.15) is 65.7 Å². The van der Waals surface area contributed by atoms with Gasteiger partial charge in [0.05, 0.1) is 5.60 Å². The third-order valence-corrected chi connectivity index (χ3v) is 3.65. The fourth-order valence-corrected chi connectivity index (χ4v) is 2.39. The standard InChI is InChI=1S/C14H24O/c1-4-5-6-9-14(15)10-7-8-13(2,3)11-12-14/h15H,6-12H2,1-3H3. The topological polar surface area (TPSA) is 20.2 Å². The van der Waals surface area contributed by atoms with Crippen molar-refractivity contribution in [3.05, 3.63) is 0 Å². The molecule has 0 aromatic heterocycles. The van der Waals surface area contributed by atoms with Gasteiger partial charge in [-0.1, -0.05) is 20.3 Å². The van der Waals surface area contributed by atoms with Crippen LogP contribution in [0.15, 0.2) is 0 Å². The lowest BCUT2D eigenvalue weighted by Crippen LogP contribution is -2.27. The number of hydrogen-bond donors (Lipinski definition) is 1. The van der Waals surface area contributed by atoms with E-state index in [1.165, 1.54) is 6.42 Å². The predicted octanol–water partition coefficient (Wildman–Crippen LogP) is 3.51. The van der Waals surface area contributed by atoms with E-state index in [0.717, 1.165) is 38.5 Å². The van der Waals surface area contributed by atoms with Crippen molar-refractivity contribution >= 4 is 0 Å². The third kappa shape index (κ3) is 4.26. The Bertz CT molecular complexity index is 256. The average molecular weight is 208 g/mol. The molecular weight excluding hydrogens is 184 g/mol. The van der Waals surface area contributed by atoms with Crippen molar-refractivity contribution in [2.24, 2.45) is 5.41 Å². The van der Waals surface area contributed by atoms with Crippen LogP contribution in [0.4, 0.5) is 0 Å². The zero-order valence-electron chi connectivity index (χ0n) is 10.4. The van der Waals surface area contributed by atoms with Gasteiger partial charge in [-0.2, -0.15) is 0 Å². The molecule has 1 fully saturated rings. The van der Waals surface area contributed by atoms with Crippen LogP contribution in [0.25, 0.3) is 0 Å². The molecule has 0 aromatic rings. The Hall–Kier alpha value is -0.480. The SMILES string of the molecule is CC#CCCC1(O)CCCC(C)(C)CC1. The van der Waals surface area contributed by atoms with Crippen molar-refractivity contribution < 1.29 is 5.11 Å². The summed E-state index contributed by atoms with van der Waals surface area (Å²) < 4.78 is 0. The summed E-state index contributed by atoms with van der Waals surface area (Å²) in [5, 5.41) is 10.4. The van der Waals surface area contributed by atoms with Gasteiger partial charge in [0.15, 0.2) is 0 Å². The third-order valence-electron chi connectivity index (χ3n) is 3.65. The first kappa shape index (κ1) is 12.6. The fraction of sp³-hybridized carbons (Fsp3) is 0.857. The minimum Gasteiger partial charge on any atom is -0.390 e. The molecule has 1 rings (SSSR count). The first-order valence-electron chi connectivity index (χ1n) is 6.09. The van der Waals surface area contributed by atoms with Crippen LogP contribution in [0.5, 0.6) is 0 Å². The van der Waals surface area contributed by atoms with Crippen LogP contribution < -0.4 is 0 Å². The largest absolute Gasteiger partial charge is 0.390 e. The van der Waals surface area contributed by atoms with Gasteiger partial charge < -0.3 is 5.11 Å². The first-order chi connectivity index (χ1) is 6.97. The molecule has 1 aliphatic rings. The van der Waals surface area contributed by atoms with Crippen molar-refractivity contribution in [3.63, 3.8) is 0 Å². The van der Waals surface area contributed by atoms with Gasteiger partial charge in [0, 0.05) is 6.42 Å². The molecule has 0 radical (unpaired) electrons. The van der Waals surface area contributed by atoms with Crippen LogP contribution in [-0.4, -0.2) is 10.7 Å². The molecule has 1 atom stereocenters.